The lowest BCUT2D eigenvalue weighted by atomic mass is 10.5. The zero-order valence-electron chi connectivity index (χ0n) is 9.42. The number of rotatable bonds is 7. The molecule has 0 aromatic carbocycles. The van der Waals surface area contributed by atoms with Crippen LogP contribution in [0.2, 0.25) is 0 Å². The van der Waals surface area contributed by atoms with E-state index in [1.165, 1.54) is 10.9 Å². The highest BCUT2D eigenvalue weighted by molar-refractivity contribution is 5.84. The van der Waals surface area contributed by atoms with Gasteiger partial charge in [-0.2, -0.15) is 0 Å². The van der Waals surface area contributed by atoms with Crippen molar-refractivity contribution in [3.05, 3.63) is 11.9 Å². The number of aromatic nitrogens is 3. The molecule has 1 aromatic heterocycles. The minimum atomic E-state index is -1.17. The molecule has 0 aliphatic heterocycles. The van der Waals surface area contributed by atoms with Crippen molar-refractivity contribution in [1.82, 2.24) is 20.3 Å². The van der Waals surface area contributed by atoms with Crippen molar-refractivity contribution in [2.75, 3.05) is 19.8 Å². The largest absolute Gasteiger partial charge is 0.476 e. The molecule has 0 radical (unpaired) electrons. The van der Waals surface area contributed by atoms with E-state index in [1.807, 2.05) is 6.92 Å². The quantitative estimate of drug-likeness (QED) is 0.602. The Balaban J connectivity index is 2.32. The van der Waals surface area contributed by atoms with Crippen LogP contribution in [0.4, 0.5) is 0 Å². The summed E-state index contributed by atoms with van der Waals surface area (Å²) in [5.74, 6) is -1.44. The van der Waals surface area contributed by atoms with Gasteiger partial charge >= 0.3 is 5.97 Å². The molecule has 0 unspecified atom stereocenters. The molecule has 8 heteroatoms. The molecule has 0 saturated carbocycles. The first-order valence-electron chi connectivity index (χ1n) is 5.11. The fraction of sp³-hybridized carbons (Fsp3) is 0.556. The molecule has 0 bridgehead atoms. The number of carboxylic acids is 1. The molecular weight excluding hydrogens is 228 g/mol. The summed E-state index contributed by atoms with van der Waals surface area (Å²) in [6.07, 6.45) is 1.20. The van der Waals surface area contributed by atoms with Crippen LogP contribution in [0.1, 0.15) is 17.4 Å². The Morgan fingerprint density at radius 3 is 2.94 bits per heavy atom. The average molecular weight is 242 g/mol. The Kier molecular flexibility index (Phi) is 5.08. The van der Waals surface area contributed by atoms with E-state index < -0.39 is 5.97 Å². The maximum Gasteiger partial charge on any atom is 0.358 e. The Hall–Kier alpha value is -1.96. The standard InChI is InChI=1S/C9H14N4O4/c1-2-17-4-3-10-8(14)6-13-5-7(9(15)16)11-12-13/h5H,2-4,6H2,1H3,(H,10,14)(H,15,16). The highest BCUT2D eigenvalue weighted by Gasteiger charge is 2.10. The molecule has 8 nitrogen and oxygen atoms in total. The molecule has 0 spiro atoms. The van der Waals surface area contributed by atoms with Crippen LogP contribution in [-0.2, 0) is 16.1 Å². The minimum absolute atomic E-state index is 0.0631. The van der Waals surface area contributed by atoms with Gasteiger partial charge in [-0.3, -0.25) is 4.79 Å². The van der Waals surface area contributed by atoms with Gasteiger partial charge in [0.2, 0.25) is 5.91 Å². The zero-order valence-corrected chi connectivity index (χ0v) is 9.42. The Morgan fingerprint density at radius 1 is 1.59 bits per heavy atom. The third-order valence-electron chi connectivity index (χ3n) is 1.84. The van der Waals surface area contributed by atoms with E-state index in [2.05, 4.69) is 15.6 Å². The van der Waals surface area contributed by atoms with E-state index in [4.69, 9.17) is 9.84 Å². The topological polar surface area (TPSA) is 106 Å². The lowest BCUT2D eigenvalue weighted by molar-refractivity contribution is -0.122. The monoisotopic (exact) mass is 242 g/mol. The molecule has 0 aliphatic carbocycles. The van der Waals surface area contributed by atoms with Gasteiger partial charge in [-0.25, -0.2) is 9.48 Å². The smallest absolute Gasteiger partial charge is 0.358 e. The molecular formula is C9H14N4O4. The SMILES string of the molecule is CCOCCNC(=O)Cn1cc(C(=O)O)nn1. The van der Waals surface area contributed by atoms with Crippen molar-refractivity contribution in [1.29, 1.82) is 0 Å². The molecule has 1 heterocycles. The summed E-state index contributed by atoms with van der Waals surface area (Å²) >= 11 is 0. The van der Waals surface area contributed by atoms with Crippen molar-refractivity contribution in [2.45, 2.75) is 13.5 Å². The van der Waals surface area contributed by atoms with E-state index in [9.17, 15) is 9.59 Å². The fourth-order valence-electron chi connectivity index (χ4n) is 1.08. The molecule has 0 fully saturated rings. The van der Waals surface area contributed by atoms with E-state index >= 15 is 0 Å². The first kappa shape index (κ1) is 13.1. The fourth-order valence-corrected chi connectivity index (χ4v) is 1.08. The molecule has 0 atom stereocenters. The first-order chi connectivity index (χ1) is 8.13. The first-order valence-corrected chi connectivity index (χ1v) is 5.11. The second kappa shape index (κ2) is 6.59. The van der Waals surface area contributed by atoms with Crippen LogP contribution < -0.4 is 5.32 Å². The van der Waals surface area contributed by atoms with Gasteiger partial charge in [0, 0.05) is 13.2 Å². The molecule has 94 valence electrons. The van der Waals surface area contributed by atoms with Gasteiger partial charge in [-0.05, 0) is 6.92 Å². The zero-order chi connectivity index (χ0) is 12.7. The summed E-state index contributed by atoms with van der Waals surface area (Å²) in [6, 6.07) is 0. The number of amides is 1. The van der Waals surface area contributed by atoms with E-state index in [1.54, 1.807) is 0 Å². The normalized spacial score (nSPS) is 10.2. The number of carboxylic acid groups (broad SMARTS) is 1. The van der Waals surface area contributed by atoms with Gasteiger partial charge in [0.1, 0.15) is 6.54 Å². The molecule has 1 amide bonds. The van der Waals surface area contributed by atoms with Crippen LogP contribution in [0.5, 0.6) is 0 Å². The van der Waals surface area contributed by atoms with E-state index in [-0.39, 0.29) is 18.1 Å². The molecule has 1 aromatic rings. The third kappa shape index (κ3) is 4.60. The Morgan fingerprint density at radius 2 is 2.35 bits per heavy atom. The summed E-state index contributed by atoms with van der Waals surface area (Å²) in [5, 5.41) is 18.1. The number of hydrogen-bond acceptors (Lipinski definition) is 5. The molecule has 1 rings (SSSR count). The van der Waals surface area contributed by atoms with Crippen LogP contribution in [0.3, 0.4) is 0 Å². The van der Waals surface area contributed by atoms with Gasteiger partial charge in [0.15, 0.2) is 5.69 Å². The maximum atomic E-state index is 11.4. The highest BCUT2D eigenvalue weighted by atomic mass is 16.5. The molecule has 17 heavy (non-hydrogen) atoms. The summed E-state index contributed by atoms with van der Waals surface area (Å²) in [7, 11) is 0. The van der Waals surface area contributed by atoms with E-state index in [0.717, 1.165) is 0 Å². The van der Waals surface area contributed by atoms with Crippen molar-refractivity contribution in [3.8, 4) is 0 Å². The van der Waals surface area contributed by atoms with Crippen molar-refractivity contribution in [2.24, 2.45) is 0 Å². The minimum Gasteiger partial charge on any atom is -0.476 e. The summed E-state index contributed by atoms with van der Waals surface area (Å²) in [4.78, 5) is 21.9. The van der Waals surface area contributed by atoms with Crippen molar-refractivity contribution < 1.29 is 19.4 Å². The van der Waals surface area contributed by atoms with Crippen LogP contribution in [0.25, 0.3) is 0 Å². The van der Waals surface area contributed by atoms with Gasteiger partial charge in [-0.15, -0.1) is 5.10 Å². The number of carbonyl (C=O) groups is 2. The number of aromatic carboxylic acids is 1. The van der Waals surface area contributed by atoms with Gasteiger partial charge in [0.25, 0.3) is 0 Å². The average Bonchev–Trinajstić information content (AvgIpc) is 2.73. The van der Waals surface area contributed by atoms with E-state index in [0.29, 0.717) is 19.8 Å². The summed E-state index contributed by atoms with van der Waals surface area (Å²) < 4.78 is 6.21. The number of nitrogens with one attached hydrogen (secondary N) is 1. The molecule has 0 aliphatic rings. The highest BCUT2D eigenvalue weighted by Crippen LogP contribution is 1.92. The van der Waals surface area contributed by atoms with Crippen LogP contribution in [-0.4, -0.2) is 51.7 Å². The van der Waals surface area contributed by atoms with Crippen LogP contribution in [0, 0.1) is 0 Å². The number of nitrogens with zero attached hydrogens (tertiary/aromatic N) is 3. The lowest BCUT2D eigenvalue weighted by Crippen LogP contribution is -2.30. The van der Waals surface area contributed by atoms with Crippen LogP contribution >= 0.6 is 0 Å². The third-order valence-corrected chi connectivity index (χ3v) is 1.84. The summed E-state index contributed by atoms with van der Waals surface area (Å²) in [6.45, 7) is 3.26. The number of ether oxygens (including phenoxy) is 1. The Labute approximate surface area is 97.6 Å². The number of hydrogen-bond donors (Lipinski definition) is 2. The van der Waals surface area contributed by atoms with Crippen LogP contribution in [0.15, 0.2) is 6.20 Å². The Bertz CT molecular complexity index is 390. The number of carbonyl (C=O) groups excluding carboxylic acids is 1. The van der Waals surface area contributed by atoms with Gasteiger partial charge in [-0.1, -0.05) is 5.21 Å². The second-order valence-corrected chi connectivity index (χ2v) is 3.15. The molecule has 2 N–H and O–H groups in total. The lowest BCUT2D eigenvalue weighted by Gasteiger charge is -2.04. The van der Waals surface area contributed by atoms with Gasteiger partial charge in [0.05, 0.1) is 12.8 Å². The second-order valence-electron chi connectivity index (χ2n) is 3.15. The molecule has 0 saturated heterocycles. The summed E-state index contributed by atoms with van der Waals surface area (Å²) in [5.41, 5.74) is -0.188. The maximum absolute atomic E-state index is 11.4. The predicted octanol–water partition coefficient (Wildman–Crippen LogP) is -0.871. The van der Waals surface area contributed by atoms with Crippen molar-refractivity contribution >= 4 is 11.9 Å². The van der Waals surface area contributed by atoms with Gasteiger partial charge < -0.3 is 15.2 Å². The van der Waals surface area contributed by atoms with Crippen molar-refractivity contribution in [3.63, 3.8) is 0 Å². The predicted molar refractivity (Wildman–Crippen MR) is 56.5 cm³/mol.